The number of hydrogen-bond donors (Lipinski definition) is 1. The summed E-state index contributed by atoms with van der Waals surface area (Å²) in [5.74, 6) is 6.15. The maximum absolute atomic E-state index is 12.9. The number of nitrogens with zero attached hydrogens (tertiary/aromatic N) is 1. The van der Waals surface area contributed by atoms with E-state index in [0.717, 1.165) is 48.6 Å². The van der Waals surface area contributed by atoms with Crippen LogP contribution in [0.5, 0.6) is 0 Å². The van der Waals surface area contributed by atoms with Crippen molar-refractivity contribution in [2.45, 2.75) is 32.1 Å². The van der Waals surface area contributed by atoms with Gasteiger partial charge in [0.2, 0.25) is 5.91 Å². The number of halogens is 1. The minimum Gasteiger partial charge on any atom is -0.342 e. The van der Waals surface area contributed by atoms with Crippen molar-refractivity contribution >= 4 is 18.3 Å². The molecule has 5 fully saturated rings. The van der Waals surface area contributed by atoms with Gasteiger partial charge in [-0.3, -0.25) is 4.79 Å². The lowest BCUT2D eigenvalue weighted by Crippen LogP contribution is -2.35. The van der Waals surface area contributed by atoms with Gasteiger partial charge < -0.3 is 10.2 Å². The van der Waals surface area contributed by atoms with Crippen LogP contribution in [0.4, 0.5) is 0 Å². The second-order valence-corrected chi connectivity index (χ2v) is 8.09. The summed E-state index contributed by atoms with van der Waals surface area (Å²) < 4.78 is 0. The van der Waals surface area contributed by atoms with Crippen molar-refractivity contribution in [2.75, 3.05) is 26.2 Å². The summed E-state index contributed by atoms with van der Waals surface area (Å²) >= 11 is 0. The predicted molar refractivity (Wildman–Crippen MR) is 84.2 cm³/mol. The van der Waals surface area contributed by atoms with Gasteiger partial charge in [0.25, 0.3) is 0 Å². The number of nitrogens with one attached hydrogen (secondary N) is 1. The number of fused-ring (bicyclic) bond motifs is 6. The van der Waals surface area contributed by atoms with Crippen LogP contribution in [0.25, 0.3) is 0 Å². The average molecular weight is 311 g/mol. The molecule has 5 aliphatic rings. The lowest BCUT2D eigenvalue weighted by Gasteiger charge is -2.22. The molecule has 2 heterocycles. The lowest BCUT2D eigenvalue weighted by molar-refractivity contribution is -0.133. The first-order valence-corrected chi connectivity index (χ1v) is 8.82. The van der Waals surface area contributed by atoms with Crippen LogP contribution in [0.3, 0.4) is 0 Å². The summed E-state index contributed by atoms with van der Waals surface area (Å²) in [5.41, 5.74) is 0. The molecule has 118 valence electrons. The average Bonchev–Trinajstić information content (AvgIpc) is 2.76. The summed E-state index contributed by atoms with van der Waals surface area (Å²) in [4.78, 5) is 15.1. The summed E-state index contributed by atoms with van der Waals surface area (Å²) in [7, 11) is 0. The zero-order valence-corrected chi connectivity index (χ0v) is 13.5. The highest BCUT2D eigenvalue weighted by Crippen LogP contribution is 2.69. The fourth-order valence-corrected chi connectivity index (χ4v) is 6.30. The standard InChI is InChI=1S/C17H26N2O.ClH/c20-17(16-14-10-1-2-11(7-10)15(14)16)19-5-3-12-8-18-9-13(12)4-6-19;/h10-16,18H,1-9H2;1H/t10?,11?,12-,13+,14?,15?,16?;. The Morgan fingerprint density at radius 1 is 0.857 bits per heavy atom. The van der Waals surface area contributed by atoms with E-state index in [1.54, 1.807) is 0 Å². The van der Waals surface area contributed by atoms with Crippen LogP contribution in [-0.2, 0) is 4.79 Å². The molecule has 3 saturated carbocycles. The van der Waals surface area contributed by atoms with Crippen LogP contribution in [-0.4, -0.2) is 37.0 Å². The maximum Gasteiger partial charge on any atom is 0.226 e. The van der Waals surface area contributed by atoms with Crippen molar-refractivity contribution in [2.24, 2.45) is 41.4 Å². The van der Waals surface area contributed by atoms with Crippen molar-refractivity contribution in [3.63, 3.8) is 0 Å². The molecule has 4 unspecified atom stereocenters. The van der Waals surface area contributed by atoms with Crippen LogP contribution in [0.2, 0.25) is 0 Å². The first-order chi connectivity index (χ1) is 9.83. The zero-order valence-electron chi connectivity index (χ0n) is 12.7. The highest BCUT2D eigenvalue weighted by molar-refractivity contribution is 5.85. The van der Waals surface area contributed by atoms with Crippen molar-refractivity contribution in [1.29, 1.82) is 0 Å². The molecule has 6 atom stereocenters. The molecule has 21 heavy (non-hydrogen) atoms. The van der Waals surface area contributed by atoms with E-state index in [1.165, 1.54) is 45.2 Å². The normalized spacial score (nSPS) is 50.1. The first kappa shape index (κ1) is 14.3. The quantitative estimate of drug-likeness (QED) is 0.805. The van der Waals surface area contributed by atoms with Gasteiger partial charge >= 0.3 is 0 Å². The lowest BCUT2D eigenvalue weighted by atomic mass is 9.92. The van der Waals surface area contributed by atoms with Crippen molar-refractivity contribution in [1.82, 2.24) is 10.2 Å². The molecule has 0 radical (unpaired) electrons. The van der Waals surface area contributed by atoms with E-state index < -0.39 is 0 Å². The van der Waals surface area contributed by atoms with Crippen molar-refractivity contribution < 1.29 is 4.79 Å². The molecular weight excluding hydrogens is 284 g/mol. The second kappa shape index (κ2) is 5.13. The predicted octanol–water partition coefficient (Wildman–Crippen LogP) is 2.16. The highest BCUT2D eigenvalue weighted by atomic mass is 35.5. The summed E-state index contributed by atoms with van der Waals surface area (Å²) in [6, 6.07) is 0. The zero-order chi connectivity index (χ0) is 13.3. The number of amides is 1. The molecule has 0 aromatic carbocycles. The second-order valence-electron chi connectivity index (χ2n) is 8.09. The van der Waals surface area contributed by atoms with E-state index in [-0.39, 0.29) is 12.4 Å². The van der Waals surface area contributed by atoms with Crippen LogP contribution >= 0.6 is 12.4 Å². The minimum absolute atomic E-state index is 0. The van der Waals surface area contributed by atoms with E-state index in [0.29, 0.717) is 11.8 Å². The molecule has 1 amide bonds. The number of carbonyl (C=O) groups is 1. The Bertz CT molecular complexity index is 413. The minimum atomic E-state index is 0. The Kier molecular flexibility index (Phi) is 3.50. The van der Waals surface area contributed by atoms with E-state index >= 15 is 0 Å². The van der Waals surface area contributed by atoms with Gasteiger partial charge in [-0.2, -0.15) is 0 Å². The molecule has 4 heteroatoms. The molecule has 3 nitrogen and oxygen atoms in total. The van der Waals surface area contributed by atoms with Crippen molar-refractivity contribution in [3.05, 3.63) is 0 Å². The molecule has 0 aromatic rings. The van der Waals surface area contributed by atoms with Gasteiger partial charge in [-0.15, -0.1) is 12.4 Å². The van der Waals surface area contributed by atoms with Crippen LogP contribution in [0.1, 0.15) is 32.1 Å². The van der Waals surface area contributed by atoms with Gasteiger partial charge in [-0.1, -0.05) is 0 Å². The fraction of sp³-hybridized carbons (Fsp3) is 0.941. The molecule has 5 rings (SSSR count). The Hall–Kier alpha value is -0.280. The molecule has 2 bridgehead atoms. The van der Waals surface area contributed by atoms with Crippen LogP contribution in [0, 0.1) is 41.4 Å². The largest absolute Gasteiger partial charge is 0.342 e. The third kappa shape index (κ3) is 2.07. The number of rotatable bonds is 1. The molecule has 2 aliphatic heterocycles. The molecule has 0 aromatic heterocycles. The molecule has 3 aliphatic carbocycles. The topological polar surface area (TPSA) is 32.3 Å². The van der Waals surface area contributed by atoms with E-state index in [1.807, 2.05) is 0 Å². The van der Waals surface area contributed by atoms with Gasteiger partial charge in [0.15, 0.2) is 0 Å². The molecule has 1 N–H and O–H groups in total. The number of likely N-dealkylation sites (tertiary alicyclic amines) is 1. The first-order valence-electron chi connectivity index (χ1n) is 8.82. The third-order valence-electron chi connectivity index (χ3n) is 7.35. The number of carbonyl (C=O) groups excluding carboxylic acids is 1. The SMILES string of the molecule is Cl.O=C(C1C2C3CCC(C3)C12)N1CC[C@@H]2CNC[C@@H]2CC1. The molecule has 2 saturated heterocycles. The maximum atomic E-state index is 12.9. The number of hydrogen-bond acceptors (Lipinski definition) is 2. The monoisotopic (exact) mass is 310 g/mol. The van der Waals surface area contributed by atoms with Gasteiger partial charge in [-0.25, -0.2) is 0 Å². The van der Waals surface area contributed by atoms with Gasteiger partial charge in [0.1, 0.15) is 0 Å². The third-order valence-corrected chi connectivity index (χ3v) is 7.35. The van der Waals surface area contributed by atoms with E-state index in [2.05, 4.69) is 10.2 Å². The van der Waals surface area contributed by atoms with Crippen LogP contribution < -0.4 is 5.32 Å². The Labute approximate surface area is 133 Å². The Morgan fingerprint density at radius 3 is 2.00 bits per heavy atom. The highest BCUT2D eigenvalue weighted by Gasteiger charge is 2.67. The van der Waals surface area contributed by atoms with E-state index in [9.17, 15) is 4.79 Å². The van der Waals surface area contributed by atoms with Gasteiger partial charge in [-0.05, 0) is 80.7 Å². The van der Waals surface area contributed by atoms with Gasteiger partial charge in [0.05, 0.1) is 0 Å². The molecular formula is C17H27ClN2O. The smallest absolute Gasteiger partial charge is 0.226 e. The van der Waals surface area contributed by atoms with Gasteiger partial charge in [0, 0.05) is 19.0 Å². The Balaban J connectivity index is 0.00000115. The summed E-state index contributed by atoms with van der Waals surface area (Å²) in [6.07, 6.45) is 6.77. The Morgan fingerprint density at radius 2 is 1.43 bits per heavy atom. The van der Waals surface area contributed by atoms with E-state index in [4.69, 9.17) is 0 Å². The molecule has 0 spiro atoms. The van der Waals surface area contributed by atoms with Crippen LogP contribution in [0.15, 0.2) is 0 Å². The fourth-order valence-electron chi connectivity index (χ4n) is 6.30. The summed E-state index contributed by atoms with van der Waals surface area (Å²) in [6.45, 7) is 4.44. The summed E-state index contributed by atoms with van der Waals surface area (Å²) in [5, 5.41) is 3.52. The van der Waals surface area contributed by atoms with Crippen molar-refractivity contribution in [3.8, 4) is 0 Å².